The van der Waals surface area contributed by atoms with Crippen LogP contribution in [0.1, 0.15) is 61.8 Å². The molecule has 2 aliphatic carbocycles. The van der Waals surface area contributed by atoms with E-state index >= 15 is 0 Å². The highest BCUT2D eigenvalue weighted by Crippen LogP contribution is 2.48. The molecule has 2 N–H and O–H groups in total. The Labute approximate surface area is 181 Å². The number of rotatable bonds is 5. The lowest BCUT2D eigenvalue weighted by atomic mass is 9.91. The van der Waals surface area contributed by atoms with Crippen molar-refractivity contribution in [1.29, 1.82) is 0 Å². The standard InChI is InChI=1S/C23H31N3O3S/c1-14-13-26(10-11-28-14)16-3-5-17(6-4-16)29-18-8-9-25-23-22(18)21-15(12-20(24)27)2-7-19(21)30-23/h8-9,14-17H,2-7,10-13H2,1H3,(H2,24,27)/t14-,15+,16-,17-/m0/s1. The number of nitrogens with two attached hydrogens (primary N) is 1. The largest absolute Gasteiger partial charge is 0.490 e. The van der Waals surface area contributed by atoms with Crippen LogP contribution in [0.5, 0.6) is 5.75 Å². The van der Waals surface area contributed by atoms with E-state index in [4.69, 9.17) is 15.2 Å². The van der Waals surface area contributed by atoms with Crippen LogP contribution in [0.3, 0.4) is 0 Å². The van der Waals surface area contributed by atoms with E-state index in [9.17, 15) is 4.79 Å². The van der Waals surface area contributed by atoms with Crippen molar-refractivity contribution in [2.75, 3.05) is 19.7 Å². The Morgan fingerprint density at radius 2 is 2.17 bits per heavy atom. The molecule has 0 radical (unpaired) electrons. The number of carbonyl (C=O) groups excluding carboxylic acids is 1. The third kappa shape index (κ3) is 3.95. The van der Waals surface area contributed by atoms with Crippen LogP contribution in [0, 0.1) is 0 Å². The van der Waals surface area contributed by atoms with E-state index in [1.165, 1.54) is 23.3 Å². The molecule has 2 aromatic heterocycles. The molecule has 30 heavy (non-hydrogen) atoms. The van der Waals surface area contributed by atoms with Gasteiger partial charge in [-0.1, -0.05) is 0 Å². The van der Waals surface area contributed by atoms with Gasteiger partial charge in [-0.15, -0.1) is 11.3 Å². The Morgan fingerprint density at radius 1 is 1.33 bits per heavy atom. The molecule has 1 amide bonds. The van der Waals surface area contributed by atoms with Gasteiger partial charge in [0.05, 0.1) is 24.2 Å². The van der Waals surface area contributed by atoms with Gasteiger partial charge in [0.15, 0.2) is 0 Å². The number of aryl methyl sites for hydroxylation is 1. The second kappa shape index (κ2) is 8.44. The molecule has 2 atom stereocenters. The topological polar surface area (TPSA) is 77.7 Å². The predicted octanol–water partition coefficient (Wildman–Crippen LogP) is 3.61. The summed E-state index contributed by atoms with van der Waals surface area (Å²) in [6, 6.07) is 2.66. The molecule has 2 fully saturated rings. The van der Waals surface area contributed by atoms with Gasteiger partial charge in [0.2, 0.25) is 5.91 Å². The van der Waals surface area contributed by atoms with Crippen LogP contribution >= 0.6 is 11.3 Å². The van der Waals surface area contributed by atoms with Crippen molar-refractivity contribution in [2.45, 2.75) is 76.0 Å². The molecule has 3 heterocycles. The normalized spacial score (nSPS) is 29.8. The van der Waals surface area contributed by atoms with Crippen molar-refractivity contribution in [2.24, 2.45) is 5.73 Å². The van der Waals surface area contributed by atoms with Gasteiger partial charge in [0, 0.05) is 36.6 Å². The van der Waals surface area contributed by atoms with Crippen LogP contribution in [0.25, 0.3) is 10.2 Å². The van der Waals surface area contributed by atoms with Crippen molar-refractivity contribution in [3.63, 3.8) is 0 Å². The molecular weight excluding hydrogens is 398 g/mol. The molecule has 1 aliphatic heterocycles. The van der Waals surface area contributed by atoms with E-state index in [0.29, 0.717) is 18.6 Å². The van der Waals surface area contributed by atoms with Gasteiger partial charge in [0.1, 0.15) is 10.6 Å². The zero-order chi connectivity index (χ0) is 20.7. The highest BCUT2D eigenvalue weighted by Gasteiger charge is 2.32. The first-order valence-corrected chi connectivity index (χ1v) is 12.1. The molecule has 6 nitrogen and oxygen atoms in total. The van der Waals surface area contributed by atoms with Gasteiger partial charge in [-0.05, 0) is 63.0 Å². The summed E-state index contributed by atoms with van der Waals surface area (Å²) in [6.07, 6.45) is 9.38. The molecule has 0 spiro atoms. The molecule has 7 heteroatoms. The van der Waals surface area contributed by atoms with Crippen LogP contribution in [0.15, 0.2) is 12.3 Å². The number of carbonyl (C=O) groups is 1. The third-order valence-corrected chi connectivity index (χ3v) is 8.14. The first-order valence-electron chi connectivity index (χ1n) is 11.3. The van der Waals surface area contributed by atoms with E-state index in [1.807, 2.05) is 12.3 Å². The number of primary amides is 1. The Balaban J connectivity index is 1.30. The number of aromatic nitrogens is 1. The molecule has 1 saturated heterocycles. The quantitative estimate of drug-likeness (QED) is 0.786. The Bertz CT molecular complexity index is 922. The number of pyridine rings is 1. The predicted molar refractivity (Wildman–Crippen MR) is 118 cm³/mol. The smallest absolute Gasteiger partial charge is 0.218 e. The second-order valence-corrected chi connectivity index (χ2v) is 10.1. The van der Waals surface area contributed by atoms with Crippen molar-refractivity contribution in [3.8, 4) is 5.75 Å². The third-order valence-electron chi connectivity index (χ3n) is 6.97. The number of ether oxygens (including phenoxy) is 2. The molecule has 5 rings (SSSR count). The number of thiophene rings is 1. The number of hydrogen-bond acceptors (Lipinski definition) is 6. The van der Waals surface area contributed by atoms with E-state index in [0.717, 1.165) is 61.3 Å². The molecule has 0 unspecified atom stereocenters. The minimum atomic E-state index is -0.227. The van der Waals surface area contributed by atoms with E-state index < -0.39 is 0 Å². The number of hydrogen-bond donors (Lipinski definition) is 1. The van der Waals surface area contributed by atoms with Gasteiger partial charge >= 0.3 is 0 Å². The molecule has 0 bridgehead atoms. The van der Waals surface area contributed by atoms with Gasteiger partial charge in [-0.3, -0.25) is 9.69 Å². The fourth-order valence-corrected chi connectivity index (χ4v) is 6.82. The van der Waals surface area contributed by atoms with Crippen LogP contribution in [-0.4, -0.2) is 53.7 Å². The van der Waals surface area contributed by atoms with Crippen molar-refractivity contribution in [3.05, 3.63) is 22.7 Å². The monoisotopic (exact) mass is 429 g/mol. The summed E-state index contributed by atoms with van der Waals surface area (Å²) in [5.74, 6) is 0.920. The van der Waals surface area contributed by atoms with Crippen LogP contribution in [-0.2, 0) is 16.0 Å². The maximum absolute atomic E-state index is 11.6. The average Bonchev–Trinajstić information content (AvgIpc) is 3.28. The molecular formula is C23H31N3O3S. The van der Waals surface area contributed by atoms with Gasteiger partial charge < -0.3 is 15.2 Å². The molecule has 1 saturated carbocycles. The number of amides is 1. The maximum atomic E-state index is 11.6. The van der Waals surface area contributed by atoms with Crippen LogP contribution < -0.4 is 10.5 Å². The summed E-state index contributed by atoms with van der Waals surface area (Å²) >= 11 is 1.75. The first-order chi connectivity index (χ1) is 14.6. The highest BCUT2D eigenvalue weighted by atomic mass is 32.1. The molecule has 2 aromatic rings. The molecule has 3 aliphatic rings. The molecule has 162 valence electrons. The zero-order valence-corrected chi connectivity index (χ0v) is 18.5. The summed E-state index contributed by atoms with van der Waals surface area (Å²) in [5.41, 5.74) is 6.79. The summed E-state index contributed by atoms with van der Waals surface area (Å²) < 4.78 is 12.3. The molecule has 0 aromatic carbocycles. The summed E-state index contributed by atoms with van der Waals surface area (Å²) in [6.45, 7) is 5.11. The number of morpholine rings is 1. The van der Waals surface area contributed by atoms with Crippen LogP contribution in [0.4, 0.5) is 0 Å². The van der Waals surface area contributed by atoms with E-state index in [-0.39, 0.29) is 17.9 Å². The fraction of sp³-hybridized carbons (Fsp3) is 0.652. The second-order valence-electron chi connectivity index (χ2n) is 9.06. The minimum absolute atomic E-state index is 0.205. The lowest BCUT2D eigenvalue weighted by molar-refractivity contribution is -0.118. The Kier molecular flexibility index (Phi) is 5.69. The zero-order valence-electron chi connectivity index (χ0n) is 17.6. The maximum Gasteiger partial charge on any atom is 0.218 e. The Morgan fingerprint density at radius 3 is 2.93 bits per heavy atom. The van der Waals surface area contributed by atoms with Gasteiger partial charge in [-0.2, -0.15) is 0 Å². The SMILES string of the molecule is C[C@H]1CN([C@H]2CC[C@H](Oc3ccnc4sc5c(c34)[C@@H](CC(N)=O)CC5)CC2)CCO1. The van der Waals surface area contributed by atoms with E-state index in [2.05, 4.69) is 16.8 Å². The van der Waals surface area contributed by atoms with Crippen molar-refractivity contribution < 1.29 is 14.3 Å². The first kappa shape index (κ1) is 20.2. The highest BCUT2D eigenvalue weighted by molar-refractivity contribution is 7.19. The fourth-order valence-electron chi connectivity index (χ4n) is 5.56. The minimum Gasteiger partial charge on any atom is -0.490 e. The number of fused-ring (bicyclic) bond motifs is 3. The summed E-state index contributed by atoms with van der Waals surface area (Å²) in [4.78, 5) is 21.2. The Hall–Kier alpha value is -1.70. The van der Waals surface area contributed by atoms with E-state index in [1.54, 1.807) is 11.3 Å². The van der Waals surface area contributed by atoms with Crippen molar-refractivity contribution in [1.82, 2.24) is 9.88 Å². The van der Waals surface area contributed by atoms with Crippen molar-refractivity contribution >= 4 is 27.5 Å². The van der Waals surface area contributed by atoms with Gasteiger partial charge in [0.25, 0.3) is 0 Å². The number of nitrogens with zero attached hydrogens (tertiary/aromatic N) is 2. The van der Waals surface area contributed by atoms with Crippen LogP contribution in [0.2, 0.25) is 0 Å². The summed E-state index contributed by atoms with van der Waals surface area (Å²) in [5, 5.41) is 1.13. The van der Waals surface area contributed by atoms with Gasteiger partial charge in [-0.25, -0.2) is 4.98 Å². The summed E-state index contributed by atoms with van der Waals surface area (Å²) in [7, 11) is 0. The average molecular weight is 430 g/mol. The lowest BCUT2D eigenvalue weighted by Gasteiger charge is -2.40. The lowest BCUT2D eigenvalue weighted by Crippen LogP contribution is -2.48.